The molecular formula is C40H24N4OS. The third-order valence-electron chi connectivity index (χ3n) is 8.18. The van der Waals surface area contributed by atoms with Crippen LogP contribution < -0.4 is 0 Å². The highest BCUT2D eigenvalue weighted by molar-refractivity contribution is 7.26. The highest BCUT2D eigenvalue weighted by atomic mass is 32.1. The van der Waals surface area contributed by atoms with Crippen LogP contribution in [-0.4, -0.2) is 19.9 Å². The Bertz CT molecular complexity index is 2500. The Morgan fingerprint density at radius 3 is 1.91 bits per heavy atom. The molecule has 0 spiro atoms. The first kappa shape index (κ1) is 26.4. The zero-order valence-electron chi connectivity index (χ0n) is 24.5. The van der Waals surface area contributed by atoms with Crippen LogP contribution in [0, 0.1) is 0 Å². The van der Waals surface area contributed by atoms with Crippen molar-refractivity contribution in [3.63, 3.8) is 0 Å². The predicted octanol–water partition coefficient (Wildman–Crippen LogP) is 10.7. The third kappa shape index (κ3) is 4.55. The van der Waals surface area contributed by atoms with Crippen molar-refractivity contribution in [3.05, 3.63) is 146 Å². The number of oxazole rings is 1. The normalized spacial score (nSPS) is 11.5. The van der Waals surface area contributed by atoms with E-state index in [0.717, 1.165) is 64.7 Å². The molecule has 0 unspecified atom stereocenters. The van der Waals surface area contributed by atoms with Crippen LogP contribution in [0.5, 0.6) is 0 Å². The highest BCUT2D eigenvalue weighted by Gasteiger charge is 2.20. The Morgan fingerprint density at radius 2 is 1.09 bits per heavy atom. The van der Waals surface area contributed by atoms with E-state index in [-0.39, 0.29) is 0 Å². The van der Waals surface area contributed by atoms with Gasteiger partial charge in [-0.2, -0.15) is 0 Å². The molecule has 3 heterocycles. The van der Waals surface area contributed by atoms with Crippen LogP contribution in [0.15, 0.2) is 150 Å². The molecule has 0 N–H and O–H groups in total. The van der Waals surface area contributed by atoms with Gasteiger partial charge in [-0.25, -0.2) is 19.9 Å². The summed E-state index contributed by atoms with van der Waals surface area (Å²) in [6.07, 6.45) is 0. The molecule has 0 aliphatic heterocycles. The molecule has 0 atom stereocenters. The second-order valence-electron chi connectivity index (χ2n) is 11.1. The molecule has 46 heavy (non-hydrogen) atoms. The van der Waals surface area contributed by atoms with Gasteiger partial charge >= 0.3 is 0 Å². The minimum atomic E-state index is 0.618. The van der Waals surface area contributed by atoms with E-state index in [1.54, 1.807) is 11.3 Å². The lowest BCUT2D eigenvalue weighted by molar-refractivity contribution is 0.621. The molecule has 0 bridgehead atoms. The molecule has 9 aromatic rings. The van der Waals surface area contributed by atoms with Gasteiger partial charge in [0.15, 0.2) is 23.1 Å². The quantitative estimate of drug-likeness (QED) is 0.194. The monoisotopic (exact) mass is 608 g/mol. The van der Waals surface area contributed by atoms with Crippen molar-refractivity contribution in [2.75, 3.05) is 0 Å². The Kier molecular flexibility index (Phi) is 6.25. The lowest BCUT2D eigenvalue weighted by Gasteiger charge is -2.10. The molecule has 0 amide bonds. The van der Waals surface area contributed by atoms with Crippen molar-refractivity contribution < 1.29 is 4.42 Å². The van der Waals surface area contributed by atoms with E-state index in [1.165, 1.54) is 0 Å². The van der Waals surface area contributed by atoms with Crippen molar-refractivity contribution in [2.45, 2.75) is 0 Å². The Morgan fingerprint density at radius 1 is 0.457 bits per heavy atom. The molecule has 5 nitrogen and oxygen atoms in total. The smallest absolute Gasteiger partial charge is 0.228 e. The number of thiophene rings is 1. The number of fused-ring (bicyclic) bond motifs is 4. The van der Waals surface area contributed by atoms with E-state index in [0.29, 0.717) is 23.4 Å². The summed E-state index contributed by atoms with van der Waals surface area (Å²) in [5.41, 5.74) is 7.68. The first-order valence-corrected chi connectivity index (χ1v) is 15.9. The van der Waals surface area contributed by atoms with E-state index < -0.39 is 0 Å². The predicted molar refractivity (Wildman–Crippen MR) is 187 cm³/mol. The number of rotatable bonds is 5. The average molecular weight is 609 g/mol. The van der Waals surface area contributed by atoms with Gasteiger partial charge in [-0.3, -0.25) is 0 Å². The Labute approximate surface area is 268 Å². The summed E-state index contributed by atoms with van der Waals surface area (Å²) in [7, 11) is 0. The van der Waals surface area contributed by atoms with Crippen LogP contribution in [0.2, 0.25) is 0 Å². The molecule has 6 aromatic carbocycles. The fourth-order valence-corrected chi connectivity index (χ4v) is 7.23. The van der Waals surface area contributed by atoms with Crippen LogP contribution >= 0.6 is 11.3 Å². The Balaban J connectivity index is 1.25. The number of para-hydroxylation sites is 2. The Hall–Kier alpha value is -5.98. The second-order valence-corrected chi connectivity index (χ2v) is 12.1. The number of hydrogen-bond donors (Lipinski definition) is 0. The van der Waals surface area contributed by atoms with Gasteiger partial charge in [-0.05, 0) is 41.5 Å². The van der Waals surface area contributed by atoms with Gasteiger partial charge in [-0.15, -0.1) is 11.3 Å². The van der Waals surface area contributed by atoms with Crippen LogP contribution in [0.25, 0.3) is 88.0 Å². The van der Waals surface area contributed by atoms with Gasteiger partial charge in [0.05, 0.1) is 5.56 Å². The lowest BCUT2D eigenvalue weighted by Crippen LogP contribution is -2.00. The van der Waals surface area contributed by atoms with E-state index in [1.807, 2.05) is 60.7 Å². The molecule has 216 valence electrons. The second kappa shape index (κ2) is 10.9. The number of nitrogens with zero attached hydrogens (tertiary/aromatic N) is 4. The summed E-state index contributed by atoms with van der Waals surface area (Å²) in [5, 5.41) is 2.22. The first-order chi connectivity index (χ1) is 22.8. The minimum absolute atomic E-state index is 0.618. The molecule has 6 heteroatoms. The van der Waals surface area contributed by atoms with E-state index >= 15 is 0 Å². The van der Waals surface area contributed by atoms with Crippen LogP contribution in [0.4, 0.5) is 0 Å². The van der Waals surface area contributed by atoms with Gasteiger partial charge in [0.2, 0.25) is 5.89 Å². The van der Waals surface area contributed by atoms with Crippen molar-refractivity contribution in [1.29, 1.82) is 0 Å². The van der Waals surface area contributed by atoms with Crippen molar-refractivity contribution in [1.82, 2.24) is 19.9 Å². The summed E-state index contributed by atoms with van der Waals surface area (Å²) in [6.45, 7) is 0. The summed E-state index contributed by atoms with van der Waals surface area (Å²) >= 11 is 1.73. The lowest BCUT2D eigenvalue weighted by atomic mass is 10.0. The van der Waals surface area contributed by atoms with E-state index in [9.17, 15) is 0 Å². The molecule has 0 aliphatic rings. The van der Waals surface area contributed by atoms with Gasteiger partial charge in [0.25, 0.3) is 0 Å². The maximum Gasteiger partial charge on any atom is 0.228 e. The minimum Gasteiger partial charge on any atom is -0.436 e. The van der Waals surface area contributed by atoms with E-state index in [4.69, 9.17) is 24.4 Å². The fraction of sp³-hybridized carbons (Fsp3) is 0. The topological polar surface area (TPSA) is 64.7 Å². The molecule has 0 radical (unpaired) electrons. The molecular weight excluding hydrogens is 585 g/mol. The van der Waals surface area contributed by atoms with Crippen molar-refractivity contribution in [2.24, 2.45) is 0 Å². The van der Waals surface area contributed by atoms with Crippen LogP contribution in [-0.2, 0) is 0 Å². The van der Waals surface area contributed by atoms with Crippen LogP contribution in [0.1, 0.15) is 0 Å². The maximum absolute atomic E-state index is 6.21. The SMILES string of the molecule is c1ccc(-c2cccc(-c3nc(-c4ccccc4)nc(-c4cccc5sc6c(-c7nc8ccccc8o7)cccc6c45)n3)c2)cc1. The first-order valence-electron chi connectivity index (χ1n) is 15.1. The van der Waals surface area contributed by atoms with Gasteiger partial charge < -0.3 is 4.42 Å². The summed E-state index contributed by atoms with van der Waals surface area (Å²) < 4.78 is 8.47. The third-order valence-corrected chi connectivity index (χ3v) is 9.39. The van der Waals surface area contributed by atoms with Gasteiger partial charge in [0.1, 0.15) is 5.52 Å². The molecule has 0 saturated carbocycles. The summed E-state index contributed by atoms with van der Waals surface area (Å²) in [4.78, 5) is 20.0. The highest BCUT2D eigenvalue weighted by Crippen LogP contribution is 2.44. The van der Waals surface area contributed by atoms with Gasteiger partial charge in [0, 0.05) is 36.9 Å². The number of benzene rings is 6. The molecule has 0 aliphatic carbocycles. The summed E-state index contributed by atoms with van der Waals surface area (Å²) in [5.74, 6) is 2.51. The number of aromatic nitrogens is 4. The molecule has 0 fully saturated rings. The fourth-order valence-electron chi connectivity index (χ4n) is 6.00. The molecule has 3 aromatic heterocycles. The molecule has 0 saturated heterocycles. The van der Waals surface area contributed by atoms with Crippen LogP contribution in [0.3, 0.4) is 0 Å². The van der Waals surface area contributed by atoms with Crippen molar-refractivity contribution in [3.8, 4) is 56.7 Å². The number of hydrogen-bond acceptors (Lipinski definition) is 6. The summed E-state index contributed by atoms with van der Waals surface area (Å²) in [6, 6.07) is 49.4. The average Bonchev–Trinajstić information content (AvgIpc) is 3.74. The zero-order chi connectivity index (χ0) is 30.5. The standard InChI is InChI=1S/C40H24N4OS/c1-3-12-25(13-4-1)27-16-9-17-28(24-27)38-42-37(26-14-5-2-6-15-26)43-39(44-38)30-19-11-23-34-35(30)29-18-10-20-31(36(29)46-34)40-41-32-21-7-8-22-33(32)45-40/h1-24H. The largest absolute Gasteiger partial charge is 0.436 e. The molecule has 9 rings (SSSR count). The maximum atomic E-state index is 6.21. The van der Waals surface area contributed by atoms with E-state index in [2.05, 4.69) is 84.9 Å². The van der Waals surface area contributed by atoms with Gasteiger partial charge in [-0.1, -0.05) is 115 Å². The van der Waals surface area contributed by atoms with Crippen molar-refractivity contribution >= 4 is 42.6 Å². The zero-order valence-corrected chi connectivity index (χ0v) is 25.3.